The van der Waals surface area contributed by atoms with Crippen molar-refractivity contribution >= 4 is 24.4 Å². The molecule has 1 aliphatic heterocycles. The number of H-pyrrole nitrogens is 1. The highest BCUT2D eigenvalue weighted by Gasteiger charge is 2.66. The van der Waals surface area contributed by atoms with Crippen LogP contribution in [-0.2, 0) is 4.74 Å². The molecule has 0 bridgehead atoms. The maximum absolute atomic E-state index is 14.7. The molecule has 1 aliphatic rings. The van der Waals surface area contributed by atoms with Gasteiger partial charge in [0.1, 0.15) is 11.2 Å². The zero-order valence-electron chi connectivity index (χ0n) is 9.92. The van der Waals surface area contributed by atoms with Gasteiger partial charge in [-0.1, -0.05) is 18.1 Å². The van der Waals surface area contributed by atoms with Crippen molar-refractivity contribution in [2.75, 3.05) is 6.61 Å². The standard InChI is InChI=1S/C11H10F2N2O3S2/c1-2-10(12)7(17)11(13,5-16)18-8(10)15-4-3-6(19)14-9(15)20/h1,3-4,7-8,16-17H,5H2,(H,14,19,20)/t7?,8-,10-,11-/m1/s1. The Labute approximate surface area is 122 Å². The van der Waals surface area contributed by atoms with Crippen LogP contribution in [0.2, 0.25) is 0 Å². The van der Waals surface area contributed by atoms with Gasteiger partial charge in [-0.2, -0.15) is 0 Å². The highest BCUT2D eigenvalue weighted by molar-refractivity contribution is 7.72. The molecule has 9 heteroatoms. The lowest BCUT2D eigenvalue weighted by Gasteiger charge is -2.24. The molecule has 1 aromatic rings. The SMILES string of the molecule is C#C[C@@]1(F)C(O)[C@@](F)(CO)O[C@H]1n1ccc(=S)[nH]c1=S. The Hall–Kier alpha value is -1.18. The average Bonchev–Trinajstić information content (AvgIpc) is 2.62. The molecular weight excluding hydrogens is 310 g/mol. The van der Waals surface area contributed by atoms with E-state index in [9.17, 15) is 13.9 Å². The molecule has 0 aromatic carbocycles. The molecule has 0 spiro atoms. The number of halogens is 2. The van der Waals surface area contributed by atoms with Gasteiger partial charge in [-0.3, -0.25) is 4.57 Å². The van der Waals surface area contributed by atoms with E-state index in [0.717, 1.165) is 4.57 Å². The van der Waals surface area contributed by atoms with Crippen LogP contribution in [-0.4, -0.2) is 44.0 Å². The number of hydrogen-bond donors (Lipinski definition) is 3. The van der Waals surface area contributed by atoms with Crippen LogP contribution in [0.3, 0.4) is 0 Å². The third kappa shape index (κ3) is 2.10. The molecule has 20 heavy (non-hydrogen) atoms. The minimum Gasteiger partial charge on any atom is -0.390 e. The number of aromatic amines is 1. The molecule has 4 atom stereocenters. The van der Waals surface area contributed by atoms with Crippen LogP contribution in [0.1, 0.15) is 6.23 Å². The third-order valence-corrected chi connectivity index (χ3v) is 3.56. The van der Waals surface area contributed by atoms with E-state index in [1.54, 1.807) is 5.92 Å². The Morgan fingerprint density at radius 2 is 2.20 bits per heavy atom. The molecule has 1 aromatic heterocycles. The molecule has 5 nitrogen and oxygen atoms in total. The number of aliphatic hydroxyl groups is 2. The fourth-order valence-electron chi connectivity index (χ4n) is 1.93. The molecule has 0 aliphatic carbocycles. The van der Waals surface area contributed by atoms with Crippen LogP contribution < -0.4 is 0 Å². The van der Waals surface area contributed by atoms with Gasteiger partial charge < -0.3 is 19.9 Å². The quantitative estimate of drug-likeness (QED) is 0.564. The highest BCUT2D eigenvalue weighted by Crippen LogP contribution is 2.47. The second-order valence-electron chi connectivity index (χ2n) is 4.25. The van der Waals surface area contributed by atoms with E-state index in [0.29, 0.717) is 0 Å². The number of aliphatic hydroxyl groups excluding tert-OH is 2. The summed E-state index contributed by atoms with van der Waals surface area (Å²) in [6.45, 7) is -1.26. The van der Waals surface area contributed by atoms with Crippen LogP contribution in [0, 0.1) is 21.8 Å². The summed E-state index contributed by atoms with van der Waals surface area (Å²) in [6, 6.07) is 1.37. The highest BCUT2D eigenvalue weighted by atomic mass is 32.1. The first-order valence-electron chi connectivity index (χ1n) is 5.42. The summed E-state index contributed by atoms with van der Waals surface area (Å²) in [6.07, 6.45) is 2.21. The van der Waals surface area contributed by atoms with Crippen molar-refractivity contribution in [2.24, 2.45) is 0 Å². The van der Waals surface area contributed by atoms with E-state index in [1.807, 2.05) is 0 Å². The van der Waals surface area contributed by atoms with Crippen LogP contribution in [0.25, 0.3) is 0 Å². The van der Waals surface area contributed by atoms with Crippen molar-refractivity contribution in [2.45, 2.75) is 23.9 Å². The number of nitrogens with zero attached hydrogens (tertiary/aromatic N) is 1. The summed E-state index contributed by atoms with van der Waals surface area (Å²) in [7, 11) is 0. The van der Waals surface area contributed by atoms with Gasteiger partial charge in [-0.25, -0.2) is 8.78 Å². The Morgan fingerprint density at radius 1 is 1.55 bits per heavy atom. The molecule has 0 radical (unpaired) electrons. The lowest BCUT2D eigenvalue weighted by Crippen LogP contribution is -2.47. The summed E-state index contributed by atoms with van der Waals surface area (Å²) in [5, 5.41) is 18.6. The van der Waals surface area contributed by atoms with E-state index in [-0.39, 0.29) is 9.41 Å². The zero-order chi connectivity index (χ0) is 15.1. The predicted octanol–water partition coefficient (Wildman–Crippen LogP) is 1.16. The smallest absolute Gasteiger partial charge is 0.264 e. The number of nitrogens with one attached hydrogen (secondary N) is 1. The largest absolute Gasteiger partial charge is 0.390 e. The lowest BCUT2D eigenvalue weighted by atomic mass is 9.96. The lowest BCUT2D eigenvalue weighted by molar-refractivity contribution is -0.207. The number of alkyl halides is 2. The third-order valence-electron chi connectivity index (χ3n) is 3.01. The van der Waals surface area contributed by atoms with Gasteiger partial charge in [0, 0.05) is 6.20 Å². The van der Waals surface area contributed by atoms with Crippen molar-refractivity contribution in [3.63, 3.8) is 0 Å². The summed E-state index contributed by atoms with van der Waals surface area (Å²) in [5.41, 5.74) is -2.90. The molecule has 1 unspecified atom stereocenters. The van der Waals surface area contributed by atoms with Crippen LogP contribution in [0.5, 0.6) is 0 Å². The summed E-state index contributed by atoms with van der Waals surface area (Å²) < 4.78 is 34.8. The fourth-order valence-corrected chi connectivity index (χ4v) is 2.42. The number of aromatic nitrogens is 2. The van der Waals surface area contributed by atoms with Gasteiger partial charge in [-0.15, -0.1) is 6.42 Å². The van der Waals surface area contributed by atoms with Gasteiger partial charge in [0.2, 0.25) is 5.67 Å². The van der Waals surface area contributed by atoms with E-state index >= 15 is 0 Å². The fraction of sp³-hybridized carbons (Fsp3) is 0.455. The van der Waals surface area contributed by atoms with Crippen molar-refractivity contribution in [1.29, 1.82) is 0 Å². The maximum Gasteiger partial charge on any atom is 0.264 e. The van der Waals surface area contributed by atoms with Crippen LogP contribution >= 0.6 is 24.4 Å². The summed E-state index contributed by atoms with van der Waals surface area (Å²) in [4.78, 5) is 2.55. The molecule has 3 N–H and O–H groups in total. The Balaban J connectivity index is 2.59. The summed E-state index contributed by atoms with van der Waals surface area (Å²) >= 11 is 9.77. The number of terminal acetylenes is 1. The van der Waals surface area contributed by atoms with E-state index < -0.39 is 30.5 Å². The molecule has 108 valence electrons. The van der Waals surface area contributed by atoms with Crippen LogP contribution in [0.4, 0.5) is 8.78 Å². The van der Waals surface area contributed by atoms with Gasteiger partial charge in [-0.05, 0) is 18.3 Å². The van der Waals surface area contributed by atoms with E-state index in [4.69, 9.17) is 40.7 Å². The Kier molecular flexibility index (Phi) is 3.79. The first-order valence-corrected chi connectivity index (χ1v) is 6.24. The minimum atomic E-state index is -3.02. The van der Waals surface area contributed by atoms with E-state index in [1.165, 1.54) is 12.3 Å². The first kappa shape index (κ1) is 15.2. The monoisotopic (exact) mass is 320 g/mol. The van der Waals surface area contributed by atoms with Gasteiger partial charge in [0.05, 0.1) is 0 Å². The van der Waals surface area contributed by atoms with Gasteiger partial charge in [0.15, 0.2) is 17.1 Å². The van der Waals surface area contributed by atoms with Crippen molar-refractivity contribution < 1.29 is 23.7 Å². The number of rotatable bonds is 2. The second kappa shape index (κ2) is 4.98. The van der Waals surface area contributed by atoms with Crippen molar-refractivity contribution in [3.8, 4) is 12.3 Å². The van der Waals surface area contributed by atoms with Gasteiger partial charge in [0.25, 0.3) is 5.85 Å². The second-order valence-corrected chi connectivity index (χ2v) is 5.07. The summed E-state index contributed by atoms with van der Waals surface area (Å²) in [5.74, 6) is -1.35. The molecular formula is C11H10F2N2O3S2. The Bertz CT molecular complexity index is 685. The molecule has 0 amide bonds. The molecule has 2 heterocycles. The minimum absolute atomic E-state index is 0.0610. The first-order chi connectivity index (χ1) is 9.28. The van der Waals surface area contributed by atoms with Crippen molar-refractivity contribution in [1.82, 2.24) is 9.55 Å². The molecule has 1 fully saturated rings. The molecule has 1 saturated heterocycles. The predicted molar refractivity (Wildman–Crippen MR) is 70.2 cm³/mol. The number of ether oxygens (including phenoxy) is 1. The van der Waals surface area contributed by atoms with Gasteiger partial charge >= 0.3 is 0 Å². The normalized spacial score (nSPS) is 36.8. The topological polar surface area (TPSA) is 70.4 Å². The average molecular weight is 320 g/mol. The molecule has 0 saturated carbocycles. The maximum atomic E-state index is 14.7. The van der Waals surface area contributed by atoms with E-state index in [2.05, 4.69) is 4.98 Å². The van der Waals surface area contributed by atoms with Crippen LogP contribution in [0.15, 0.2) is 12.3 Å². The van der Waals surface area contributed by atoms with Crippen molar-refractivity contribution in [3.05, 3.63) is 21.7 Å². The molecule has 2 rings (SSSR count). The zero-order valence-corrected chi connectivity index (χ0v) is 11.5. The number of hydrogen-bond acceptors (Lipinski definition) is 5. The Morgan fingerprint density at radius 3 is 2.70 bits per heavy atom.